The molecule has 0 atom stereocenters. The van der Waals surface area contributed by atoms with Crippen LogP contribution in [0.25, 0.3) is 0 Å². The number of hydrogen-bond acceptors (Lipinski definition) is 1. The quantitative estimate of drug-likeness (QED) is 0.503. The van der Waals surface area contributed by atoms with E-state index in [1.54, 1.807) is 0 Å². The van der Waals surface area contributed by atoms with Crippen LogP contribution in [0.15, 0.2) is 0 Å². The van der Waals surface area contributed by atoms with Crippen molar-refractivity contribution in [2.45, 2.75) is 31.2 Å². The zero-order chi connectivity index (χ0) is 5.11. The van der Waals surface area contributed by atoms with E-state index >= 15 is 0 Å². The molecule has 0 aliphatic heterocycles. The van der Waals surface area contributed by atoms with Crippen molar-refractivity contribution < 1.29 is 4.80 Å². The van der Waals surface area contributed by atoms with Gasteiger partial charge in [0.1, 0.15) is 0 Å². The van der Waals surface area contributed by atoms with E-state index < -0.39 is 0 Å². The van der Waals surface area contributed by atoms with Crippen molar-refractivity contribution in [3.63, 3.8) is 0 Å². The van der Waals surface area contributed by atoms with Crippen molar-refractivity contribution in [3.05, 3.63) is 0 Å². The average molecular weight is 114 g/mol. The summed E-state index contributed by atoms with van der Waals surface area (Å²) in [5, 5.41) is 0. The summed E-state index contributed by atoms with van der Waals surface area (Å²) in [4.78, 5) is 8.59. The first kappa shape index (κ1) is 5.32. The van der Waals surface area contributed by atoms with Crippen LogP contribution in [0.4, 0.5) is 0 Å². The molecule has 1 aliphatic carbocycles. The Morgan fingerprint density at radius 3 is 2.14 bits per heavy atom. The summed E-state index contributed by atoms with van der Waals surface area (Å²) in [6.45, 7) is 0. The van der Waals surface area contributed by atoms with Gasteiger partial charge in [-0.3, -0.25) is 0 Å². The lowest BCUT2D eigenvalue weighted by atomic mass is 10.4. The standard InChI is InChI=1S/C5H10OSi/c6-7-5-3-1-2-4-5/h5-6H,1-4H2. The minimum atomic E-state index is 0.211. The van der Waals surface area contributed by atoms with Crippen molar-refractivity contribution >= 4 is 9.76 Å². The molecule has 0 aromatic carbocycles. The van der Waals surface area contributed by atoms with Crippen LogP contribution < -0.4 is 0 Å². The zero-order valence-corrected chi connectivity index (χ0v) is 5.35. The highest BCUT2D eigenvalue weighted by Crippen LogP contribution is 2.27. The number of rotatable bonds is 1. The fourth-order valence-electron chi connectivity index (χ4n) is 1.05. The van der Waals surface area contributed by atoms with Crippen molar-refractivity contribution in [1.29, 1.82) is 0 Å². The summed E-state index contributed by atoms with van der Waals surface area (Å²) in [5.74, 6) is 0. The summed E-state index contributed by atoms with van der Waals surface area (Å²) in [5.41, 5.74) is 0.681. The molecule has 0 bridgehead atoms. The van der Waals surface area contributed by atoms with Crippen LogP contribution in [0.3, 0.4) is 0 Å². The molecular weight excluding hydrogens is 104 g/mol. The van der Waals surface area contributed by atoms with Gasteiger partial charge < -0.3 is 4.80 Å². The highest BCUT2D eigenvalue weighted by Gasteiger charge is 2.13. The molecule has 2 radical (unpaired) electrons. The van der Waals surface area contributed by atoms with Gasteiger partial charge >= 0.3 is 0 Å². The van der Waals surface area contributed by atoms with Crippen molar-refractivity contribution in [2.24, 2.45) is 0 Å². The van der Waals surface area contributed by atoms with Crippen LogP contribution in [-0.2, 0) is 0 Å². The van der Waals surface area contributed by atoms with Gasteiger partial charge in [-0.2, -0.15) is 0 Å². The molecule has 2 heteroatoms. The molecule has 1 nitrogen and oxygen atoms in total. The summed E-state index contributed by atoms with van der Waals surface area (Å²) in [6, 6.07) is 0. The van der Waals surface area contributed by atoms with Crippen LogP contribution in [-0.4, -0.2) is 14.6 Å². The SMILES string of the molecule is O[Si]C1CCCC1. The highest BCUT2D eigenvalue weighted by molar-refractivity contribution is 6.27. The fourth-order valence-corrected chi connectivity index (χ4v) is 1.72. The predicted molar refractivity (Wildman–Crippen MR) is 30.2 cm³/mol. The molecular formula is C5H10OSi. The first-order chi connectivity index (χ1) is 3.43. The van der Waals surface area contributed by atoms with Gasteiger partial charge in [-0.15, -0.1) is 0 Å². The topological polar surface area (TPSA) is 20.2 Å². The van der Waals surface area contributed by atoms with Crippen LogP contribution in [0.1, 0.15) is 25.7 Å². The minimum Gasteiger partial charge on any atom is -0.431 e. The molecule has 0 amide bonds. The Labute approximate surface area is 46.7 Å². The third-order valence-corrected chi connectivity index (χ3v) is 2.48. The summed E-state index contributed by atoms with van der Waals surface area (Å²) in [6.07, 6.45) is 5.24. The van der Waals surface area contributed by atoms with Gasteiger partial charge in [-0.1, -0.05) is 25.7 Å². The lowest BCUT2D eigenvalue weighted by molar-refractivity contribution is 0.575. The van der Waals surface area contributed by atoms with Gasteiger partial charge in [0.2, 0.25) is 9.76 Å². The smallest absolute Gasteiger partial charge is 0.227 e. The summed E-state index contributed by atoms with van der Waals surface area (Å²) >= 11 is 0. The second-order valence-corrected chi connectivity index (χ2v) is 3.19. The van der Waals surface area contributed by atoms with Crippen LogP contribution >= 0.6 is 0 Å². The molecule has 1 fully saturated rings. The van der Waals surface area contributed by atoms with Crippen LogP contribution in [0.2, 0.25) is 5.54 Å². The van der Waals surface area contributed by atoms with Gasteiger partial charge in [0.15, 0.2) is 0 Å². The van der Waals surface area contributed by atoms with E-state index in [9.17, 15) is 0 Å². The van der Waals surface area contributed by atoms with E-state index in [1.165, 1.54) is 25.7 Å². The lowest BCUT2D eigenvalue weighted by Gasteiger charge is -1.96. The summed E-state index contributed by atoms with van der Waals surface area (Å²) in [7, 11) is 0.211. The Morgan fingerprint density at radius 2 is 1.86 bits per heavy atom. The molecule has 1 aliphatic rings. The van der Waals surface area contributed by atoms with E-state index in [1.807, 2.05) is 0 Å². The first-order valence-electron chi connectivity index (χ1n) is 2.83. The molecule has 1 N–H and O–H groups in total. The Kier molecular flexibility index (Phi) is 1.88. The first-order valence-corrected chi connectivity index (χ1v) is 3.85. The molecule has 0 heterocycles. The fraction of sp³-hybridized carbons (Fsp3) is 1.00. The second kappa shape index (κ2) is 2.48. The largest absolute Gasteiger partial charge is 0.431 e. The lowest BCUT2D eigenvalue weighted by Crippen LogP contribution is -1.95. The van der Waals surface area contributed by atoms with E-state index in [0.717, 1.165) is 0 Å². The van der Waals surface area contributed by atoms with Crippen molar-refractivity contribution in [2.75, 3.05) is 0 Å². The number of hydrogen-bond donors (Lipinski definition) is 1. The maximum absolute atomic E-state index is 8.59. The van der Waals surface area contributed by atoms with Crippen molar-refractivity contribution in [1.82, 2.24) is 0 Å². The van der Waals surface area contributed by atoms with E-state index in [-0.39, 0.29) is 9.76 Å². The Balaban J connectivity index is 2.14. The minimum absolute atomic E-state index is 0.211. The third kappa shape index (κ3) is 1.28. The van der Waals surface area contributed by atoms with E-state index in [4.69, 9.17) is 4.80 Å². The monoisotopic (exact) mass is 114 g/mol. The third-order valence-electron chi connectivity index (χ3n) is 1.54. The molecule has 1 saturated carbocycles. The Morgan fingerprint density at radius 1 is 1.29 bits per heavy atom. The van der Waals surface area contributed by atoms with Crippen LogP contribution in [0, 0.1) is 0 Å². The van der Waals surface area contributed by atoms with Gasteiger partial charge in [0.05, 0.1) is 0 Å². The average Bonchev–Trinajstić information content (AvgIpc) is 2.14. The van der Waals surface area contributed by atoms with Crippen molar-refractivity contribution in [3.8, 4) is 0 Å². The molecule has 40 valence electrons. The molecule has 0 aromatic heterocycles. The zero-order valence-electron chi connectivity index (χ0n) is 4.35. The van der Waals surface area contributed by atoms with Gasteiger partial charge in [0, 0.05) is 0 Å². The molecule has 0 aromatic rings. The highest BCUT2D eigenvalue weighted by atomic mass is 28.2. The van der Waals surface area contributed by atoms with E-state index in [2.05, 4.69) is 0 Å². The molecule has 7 heavy (non-hydrogen) atoms. The maximum Gasteiger partial charge on any atom is 0.227 e. The molecule has 0 saturated heterocycles. The maximum atomic E-state index is 8.59. The second-order valence-electron chi connectivity index (χ2n) is 2.11. The van der Waals surface area contributed by atoms with Gasteiger partial charge in [-0.05, 0) is 5.54 Å². The normalized spacial score (nSPS) is 23.6. The Bertz CT molecular complexity index is 50.0. The predicted octanol–water partition coefficient (Wildman–Crippen LogP) is 0.960. The Hall–Kier alpha value is 0.177. The molecule has 1 rings (SSSR count). The van der Waals surface area contributed by atoms with E-state index in [0.29, 0.717) is 5.54 Å². The van der Waals surface area contributed by atoms with Gasteiger partial charge in [0.25, 0.3) is 0 Å². The summed E-state index contributed by atoms with van der Waals surface area (Å²) < 4.78 is 0. The molecule has 0 unspecified atom stereocenters. The van der Waals surface area contributed by atoms with Crippen LogP contribution in [0.5, 0.6) is 0 Å². The van der Waals surface area contributed by atoms with Gasteiger partial charge in [-0.25, -0.2) is 0 Å². The molecule has 0 spiro atoms.